The molecule has 0 fully saturated rings. The minimum Gasteiger partial charge on any atom is -0.306 e. The fourth-order valence-corrected chi connectivity index (χ4v) is 1.85. The molecule has 2 heterocycles. The van der Waals surface area contributed by atoms with Crippen LogP contribution in [0.3, 0.4) is 0 Å². The molecule has 0 radical (unpaired) electrons. The van der Waals surface area contributed by atoms with Crippen LogP contribution in [0.15, 0.2) is 28.4 Å². The van der Waals surface area contributed by atoms with Crippen LogP contribution in [0.5, 0.6) is 0 Å². The highest BCUT2D eigenvalue weighted by Crippen LogP contribution is 2.18. The van der Waals surface area contributed by atoms with Gasteiger partial charge in [0.05, 0.1) is 11.7 Å². The van der Waals surface area contributed by atoms with Crippen molar-refractivity contribution in [2.45, 2.75) is 6.92 Å². The van der Waals surface area contributed by atoms with Crippen LogP contribution in [0.2, 0.25) is 0 Å². The van der Waals surface area contributed by atoms with Gasteiger partial charge >= 0.3 is 0 Å². The smallest absolute Gasteiger partial charge is 0.268 e. The number of pyridine rings is 1. The van der Waals surface area contributed by atoms with Gasteiger partial charge in [0.15, 0.2) is 0 Å². The summed E-state index contributed by atoms with van der Waals surface area (Å²) in [5.41, 5.74) is 2.64. The number of nitrogens with one attached hydrogen (secondary N) is 1. The van der Waals surface area contributed by atoms with E-state index in [-0.39, 0.29) is 5.91 Å². The van der Waals surface area contributed by atoms with Crippen molar-refractivity contribution in [3.05, 3.63) is 38.9 Å². The van der Waals surface area contributed by atoms with E-state index in [1.165, 1.54) is 17.5 Å². The zero-order valence-corrected chi connectivity index (χ0v) is 10.8. The van der Waals surface area contributed by atoms with Gasteiger partial charge in [0.2, 0.25) is 0 Å². The summed E-state index contributed by atoms with van der Waals surface area (Å²) in [6.45, 7) is 1.94. The third kappa shape index (κ3) is 2.45. The van der Waals surface area contributed by atoms with Crippen molar-refractivity contribution in [2.75, 3.05) is 5.32 Å². The number of hydrogen-bond acceptors (Lipinski definition) is 4. The number of hydrogen-bond donors (Lipinski definition) is 1. The van der Waals surface area contributed by atoms with Gasteiger partial charge < -0.3 is 5.32 Å². The van der Waals surface area contributed by atoms with Crippen molar-refractivity contribution in [3.8, 4) is 0 Å². The maximum Gasteiger partial charge on any atom is 0.268 e. The van der Waals surface area contributed by atoms with E-state index >= 15 is 0 Å². The van der Waals surface area contributed by atoms with Gasteiger partial charge in [0.1, 0.15) is 10.7 Å². The van der Waals surface area contributed by atoms with Crippen LogP contribution in [0.4, 0.5) is 5.82 Å². The Balaban J connectivity index is 2.15. The highest BCUT2D eigenvalue weighted by Gasteiger charge is 2.08. The van der Waals surface area contributed by atoms with Gasteiger partial charge in [0.25, 0.3) is 5.91 Å². The number of aryl methyl sites for hydroxylation is 1. The number of thiazole rings is 1. The largest absolute Gasteiger partial charge is 0.306 e. The van der Waals surface area contributed by atoms with Gasteiger partial charge in [-0.15, -0.1) is 11.3 Å². The molecule has 0 unspecified atom stereocenters. The molecule has 0 bridgehead atoms. The average Bonchev–Trinajstić information content (AvgIpc) is 2.77. The SMILES string of the molecule is Cc1cc(NC(=O)c2cncs2)ncc1Br. The Kier molecular flexibility index (Phi) is 3.31. The molecule has 2 aromatic heterocycles. The number of anilines is 1. The van der Waals surface area contributed by atoms with Crippen molar-refractivity contribution < 1.29 is 4.79 Å². The summed E-state index contributed by atoms with van der Waals surface area (Å²) in [7, 11) is 0. The standard InChI is InChI=1S/C10H8BrN3OS/c1-6-2-9(13-3-7(6)11)14-10(15)8-4-12-5-16-8/h2-5H,1H3,(H,13,14,15). The molecule has 16 heavy (non-hydrogen) atoms. The van der Waals surface area contributed by atoms with Crippen molar-refractivity contribution >= 4 is 39.0 Å². The van der Waals surface area contributed by atoms with Crippen LogP contribution < -0.4 is 5.32 Å². The maximum absolute atomic E-state index is 11.7. The Hall–Kier alpha value is -1.27. The molecule has 0 spiro atoms. The molecule has 0 saturated carbocycles. The van der Waals surface area contributed by atoms with Crippen LogP contribution in [-0.2, 0) is 0 Å². The van der Waals surface area contributed by atoms with E-state index in [0.717, 1.165) is 10.0 Å². The molecule has 0 aromatic carbocycles. The molecule has 82 valence electrons. The first-order valence-corrected chi connectivity index (χ1v) is 6.16. The molecule has 0 aliphatic heterocycles. The lowest BCUT2D eigenvalue weighted by Crippen LogP contribution is -2.11. The Bertz CT molecular complexity index is 513. The highest BCUT2D eigenvalue weighted by molar-refractivity contribution is 9.10. The lowest BCUT2D eigenvalue weighted by atomic mass is 10.3. The molecule has 0 aliphatic carbocycles. The molecule has 0 aliphatic rings. The van der Waals surface area contributed by atoms with E-state index in [2.05, 4.69) is 31.2 Å². The molecule has 2 aromatic rings. The van der Waals surface area contributed by atoms with Crippen molar-refractivity contribution in [1.29, 1.82) is 0 Å². The van der Waals surface area contributed by atoms with E-state index in [4.69, 9.17) is 0 Å². The lowest BCUT2D eigenvalue weighted by molar-refractivity contribution is 0.103. The third-order valence-electron chi connectivity index (χ3n) is 1.94. The van der Waals surface area contributed by atoms with Crippen LogP contribution in [-0.4, -0.2) is 15.9 Å². The first-order valence-electron chi connectivity index (χ1n) is 4.49. The summed E-state index contributed by atoms with van der Waals surface area (Å²) < 4.78 is 0.920. The minimum atomic E-state index is -0.184. The topological polar surface area (TPSA) is 54.9 Å². The zero-order chi connectivity index (χ0) is 11.5. The average molecular weight is 298 g/mol. The Morgan fingerprint density at radius 3 is 2.94 bits per heavy atom. The lowest BCUT2D eigenvalue weighted by Gasteiger charge is -2.04. The summed E-state index contributed by atoms with van der Waals surface area (Å²) in [5.74, 6) is 0.357. The van der Waals surface area contributed by atoms with Gasteiger partial charge in [-0.25, -0.2) is 4.98 Å². The predicted molar refractivity (Wildman–Crippen MR) is 66.7 cm³/mol. The fourth-order valence-electron chi connectivity index (χ4n) is 1.11. The number of halogens is 1. The second-order valence-electron chi connectivity index (χ2n) is 3.14. The number of amides is 1. The molecule has 0 atom stereocenters. The summed E-state index contributed by atoms with van der Waals surface area (Å²) >= 11 is 4.65. The van der Waals surface area contributed by atoms with Crippen LogP contribution in [0.25, 0.3) is 0 Å². The first-order chi connectivity index (χ1) is 7.66. The van der Waals surface area contributed by atoms with E-state index in [1.807, 2.05) is 13.0 Å². The van der Waals surface area contributed by atoms with Gasteiger partial charge in [-0.05, 0) is 34.5 Å². The van der Waals surface area contributed by atoms with Gasteiger partial charge in [-0.1, -0.05) is 0 Å². The normalized spacial score (nSPS) is 10.1. The van der Waals surface area contributed by atoms with Crippen molar-refractivity contribution in [3.63, 3.8) is 0 Å². The second kappa shape index (κ2) is 4.71. The number of carbonyl (C=O) groups excluding carboxylic acids is 1. The van der Waals surface area contributed by atoms with Crippen LogP contribution in [0, 0.1) is 6.92 Å². The number of rotatable bonds is 2. The Labute approximate surface area is 105 Å². The fraction of sp³-hybridized carbons (Fsp3) is 0.100. The van der Waals surface area contributed by atoms with E-state index in [1.54, 1.807) is 11.7 Å². The Morgan fingerprint density at radius 2 is 2.31 bits per heavy atom. The van der Waals surface area contributed by atoms with E-state index in [0.29, 0.717) is 10.7 Å². The number of nitrogens with zero attached hydrogens (tertiary/aromatic N) is 2. The summed E-state index contributed by atoms with van der Waals surface area (Å²) in [5, 5.41) is 2.71. The molecule has 2 rings (SSSR count). The van der Waals surface area contributed by atoms with E-state index in [9.17, 15) is 4.79 Å². The second-order valence-corrected chi connectivity index (χ2v) is 4.88. The molecular weight excluding hydrogens is 290 g/mol. The van der Waals surface area contributed by atoms with Crippen LogP contribution in [0.1, 0.15) is 15.2 Å². The van der Waals surface area contributed by atoms with Crippen molar-refractivity contribution in [1.82, 2.24) is 9.97 Å². The first kappa shape index (κ1) is 11.2. The molecule has 6 heteroatoms. The molecular formula is C10H8BrN3OS. The van der Waals surface area contributed by atoms with E-state index < -0.39 is 0 Å². The monoisotopic (exact) mass is 297 g/mol. The van der Waals surface area contributed by atoms with Crippen LogP contribution >= 0.6 is 27.3 Å². The van der Waals surface area contributed by atoms with Gasteiger partial charge in [0, 0.05) is 10.7 Å². The number of carbonyl (C=O) groups is 1. The summed E-state index contributed by atoms with van der Waals surface area (Å²) in [6, 6.07) is 1.81. The molecule has 0 saturated heterocycles. The number of aromatic nitrogens is 2. The molecule has 4 nitrogen and oxygen atoms in total. The predicted octanol–water partition coefficient (Wildman–Crippen LogP) is 2.86. The summed E-state index contributed by atoms with van der Waals surface area (Å²) in [6.07, 6.45) is 3.20. The zero-order valence-electron chi connectivity index (χ0n) is 8.40. The van der Waals surface area contributed by atoms with Gasteiger partial charge in [-0.3, -0.25) is 9.78 Å². The quantitative estimate of drug-likeness (QED) is 0.927. The summed E-state index contributed by atoms with van der Waals surface area (Å²) in [4.78, 5) is 20.2. The third-order valence-corrected chi connectivity index (χ3v) is 3.55. The van der Waals surface area contributed by atoms with Gasteiger partial charge in [-0.2, -0.15) is 0 Å². The Morgan fingerprint density at radius 1 is 1.50 bits per heavy atom. The highest BCUT2D eigenvalue weighted by atomic mass is 79.9. The van der Waals surface area contributed by atoms with Crippen molar-refractivity contribution in [2.24, 2.45) is 0 Å². The maximum atomic E-state index is 11.7. The molecule has 1 amide bonds. The molecule has 1 N–H and O–H groups in total. The minimum absolute atomic E-state index is 0.184.